The number of carbonyl (C=O) groups excluding carboxylic acids is 1. The van der Waals surface area contributed by atoms with Gasteiger partial charge in [0.1, 0.15) is 12.4 Å². The van der Waals surface area contributed by atoms with Crippen LogP contribution in [0.25, 0.3) is 0 Å². The smallest absolute Gasteiger partial charge is 0.413 e. The SMILES string of the molecule is CCc1ccc(OCc2c(NC(=O)OCF)cccc2C2CC2)c(C)c1. The Kier molecular flexibility index (Phi) is 5.76. The number of rotatable bonds is 7. The first-order chi connectivity index (χ1) is 12.6. The number of halogens is 1. The van der Waals surface area contributed by atoms with E-state index in [1.807, 2.05) is 19.1 Å². The standard InChI is InChI=1S/C21H24FNO3/c1-3-15-7-10-20(14(2)11-15)25-12-18-17(16-8-9-16)5-4-6-19(18)23-21(24)26-13-22/h4-7,10-11,16H,3,8-9,12-13H2,1-2H3,(H,23,24). The zero-order chi connectivity index (χ0) is 18.5. The Morgan fingerprint density at radius 3 is 2.73 bits per heavy atom. The molecule has 1 aliphatic carbocycles. The second-order valence-corrected chi connectivity index (χ2v) is 6.56. The van der Waals surface area contributed by atoms with Crippen LogP contribution in [0.4, 0.5) is 14.9 Å². The fourth-order valence-corrected chi connectivity index (χ4v) is 3.10. The molecule has 1 saturated carbocycles. The average molecular weight is 357 g/mol. The van der Waals surface area contributed by atoms with Crippen LogP contribution in [0.1, 0.15) is 47.9 Å². The third-order valence-electron chi connectivity index (χ3n) is 4.67. The molecule has 0 unspecified atom stereocenters. The molecule has 5 heteroatoms. The molecule has 3 rings (SSSR count). The van der Waals surface area contributed by atoms with Gasteiger partial charge in [0, 0.05) is 5.56 Å². The number of alkyl halides is 1. The fraction of sp³-hybridized carbons (Fsp3) is 0.381. The van der Waals surface area contributed by atoms with Gasteiger partial charge in [0.2, 0.25) is 6.86 Å². The number of aryl methyl sites for hydroxylation is 2. The van der Waals surface area contributed by atoms with Crippen LogP contribution in [0, 0.1) is 6.92 Å². The Morgan fingerprint density at radius 1 is 1.27 bits per heavy atom. The molecule has 2 aromatic rings. The molecule has 0 atom stereocenters. The molecule has 1 fully saturated rings. The van der Waals surface area contributed by atoms with Crippen molar-refractivity contribution in [2.75, 3.05) is 12.2 Å². The quantitative estimate of drug-likeness (QED) is 0.713. The van der Waals surface area contributed by atoms with E-state index in [4.69, 9.17) is 4.74 Å². The highest BCUT2D eigenvalue weighted by Crippen LogP contribution is 2.43. The van der Waals surface area contributed by atoms with Crippen LogP contribution >= 0.6 is 0 Å². The predicted octanol–water partition coefficient (Wildman–Crippen LogP) is 5.49. The summed E-state index contributed by atoms with van der Waals surface area (Å²) in [6.45, 7) is 3.34. The van der Waals surface area contributed by atoms with Crippen molar-refractivity contribution < 1.29 is 18.7 Å². The predicted molar refractivity (Wildman–Crippen MR) is 99.4 cm³/mol. The molecule has 2 aromatic carbocycles. The average Bonchev–Trinajstić information content (AvgIpc) is 3.46. The number of ether oxygens (including phenoxy) is 2. The van der Waals surface area contributed by atoms with Crippen LogP contribution in [0.5, 0.6) is 5.75 Å². The van der Waals surface area contributed by atoms with Crippen molar-refractivity contribution in [2.45, 2.75) is 45.6 Å². The minimum absolute atomic E-state index is 0.338. The topological polar surface area (TPSA) is 47.6 Å². The molecular weight excluding hydrogens is 333 g/mol. The second kappa shape index (κ2) is 8.21. The van der Waals surface area contributed by atoms with Gasteiger partial charge >= 0.3 is 6.09 Å². The molecule has 0 aliphatic heterocycles. The van der Waals surface area contributed by atoms with Crippen LogP contribution < -0.4 is 10.1 Å². The number of hydrogen-bond acceptors (Lipinski definition) is 3. The van der Waals surface area contributed by atoms with Gasteiger partial charge in [-0.15, -0.1) is 0 Å². The summed E-state index contributed by atoms with van der Waals surface area (Å²) in [7, 11) is 0. The zero-order valence-electron chi connectivity index (χ0n) is 15.2. The second-order valence-electron chi connectivity index (χ2n) is 6.56. The van der Waals surface area contributed by atoms with Gasteiger partial charge in [0.25, 0.3) is 0 Å². The summed E-state index contributed by atoms with van der Waals surface area (Å²) in [6, 6.07) is 11.9. The van der Waals surface area contributed by atoms with E-state index in [0.717, 1.165) is 36.1 Å². The Balaban J connectivity index is 1.82. The summed E-state index contributed by atoms with van der Waals surface area (Å²) < 4.78 is 22.7. The number of benzene rings is 2. The third kappa shape index (κ3) is 4.34. The van der Waals surface area contributed by atoms with Crippen LogP contribution in [-0.4, -0.2) is 13.0 Å². The van der Waals surface area contributed by atoms with E-state index in [1.54, 1.807) is 6.07 Å². The van der Waals surface area contributed by atoms with Gasteiger partial charge in [0.05, 0.1) is 5.69 Å². The van der Waals surface area contributed by atoms with Gasteiger partial charge < -0.3 is 9.47 Å². The molecule has 1 aliphatic rings. The first kappa shape index (κ1) is 18.2. The van der Waals surface area contributed by atoms with Gasteiger partial charge in [-0.25, -0.2) is 9.18 Å². The molecule has 1 amide bonds. The number of anilines is 1. The number of hydrogen-bond donors (Lipinski definition) is 1. The first-order valence-electron chi connectivity index (χ1n) is 8.96. The van der Waals surface area contributed by atoms with E-state index in [0.29, 0.717) is 18.2 Å². The highest BCUT2D eigenvalue weighted by molar-refractivity contribution is 5.86. The normalized spacial score (nSPS) is 13.3. The molecule has 0 bridgehead atoms. The van der Waals surface area contributed by atoms with Gasteiger partial charge in [-0.1, -0.05) is 31.2 Å². The van der Waals surface area contributed by atoms with Crippen molar-refractivity contribution in [3.63, 3.8) is 0 Å². The highest BCUT2D eigenvalue weighted by atomic mass is 19.1. The number of nitrogens with one attached hydrogen (secondary N) is 1. The van der Waals surface area contributed by atoms with Crippen LogP contribution in [0.15, 0.2) is 36.4 Å². The first-order valence-corrected chi connectivity index (χ1v) is 8.96. The van der Waals surface area contributed by atoms with E-state index in [1.165, 1.54) is 11.1 Å². The summed E-state index contributed by atoms with van der Waals surface area (Å²) in [4.78, 5) is 11.6. The summed E-state index contributed by atoms with van der Waals surface area (Å²) in [6.07, 6.45) is 2.45. The van der Waals surface area contributed by atoms with Crippen LogP contribution in [0.3, 0.4) is 0 Å². The van der Waals surface area contributed by atoms with Crippen molar-refractivity contribution in [1.82, 2.24) is 0 Å². The lowest BCUT2D eigenvalue weighted by Crippen LogP contribution is -2.15. The van der Waals surface area contributed by atoms with Crippen molar-refractivity contribution in [1.29, 1.82) is 0 Å². The Bertz CT molecular complexity index is 787. The lowest BCUT2D eigenvalue weighted by atomic mass is 10.0. The maximum Gasteiger partial charge on any atom is 0.413 e. The molecule has 26 heavy (non-hydrogen) atoms. The molecule has 1 N–H and O–H groups in total. The van der Waals surface area contributed by atoms with Gasteiger partial charge in [-0.3, -0.25) is 5.32 Å². The van der Waals surface area contributed by atoms with Crippen LogP contribution in [-0.2, 0) is 17.8 Å². The van der Waals surface area contributed by atoms with Crippen molar-refractivity contribution in [3.05, 3.63) is 58.7 Å². The largest absolute Gasteiger partial charge is 0.489 e. The minimum Gasteiger partial charge on any atom is -0.489 e. The molecule has 4 nitrogen and oxygen atoms in total. The van der Waals surface area contributed by atoms with E-state index >= 15 is 0 Å². The minimum atomic E-state index is -1.15. The van der Waals surface area contributed by atoms with Gasteiger partial charge in [-0.05, 0) is 60.9 Å². The van der Waals surface area contributed by atoms with Crippen LogP contribution in [0.2, 0.25) is 0 Å². The summed E-state index contributed by atoms with van der Waals surface area (Å²) >= 11 is 0. The molecular formula is C21H24FNO3. The molecule has 0 spiro atoms. The Morgan fingerprint density at radius 2 is 2.08 bits per heavy atom. The number of amides is 1. The molecule has 0 heterocycles. The number of carbonyl (C=O) groups is 1. The van der Waals surface area contributed by atoms with Crippen molar-refractivity contribution in [3.8, 4) is 5.75 Å². The van der Waals surface area contributed by atoms with E-state index in [2.05, 4.69) is 35.2 Å². The fourth-order valence-electron chi connectivity index (χ4n) is 3.10. The Labute approximate surface area is 153 Å². The summed E-state index contributed by atoms with van der Waals surface area (Å²) in [5, 5.41) is 2.62. The molecule has 138 valence electrons. The monoisotopic (exact) mass is 357 g/mol. The third-order valence-corrected chi connectivity index (χ3v) is 4.67. The maximum absolute atomic E-state index is 12.2. The van der Waals surface area contributed by atoms with Gasteiger partial charge in [0.15, 0.2) is 0 Å². The van der Waals surface area contributed by atoms with E-state index in [9.17, 15) is 9.18 Å². The lowest BCUT2D eigenvalue weighted by molar-refractivity contribution is 0.111. The summed E-state index contributed by atoms with van der Waals surface area (Å²) in [5.74, 6) is 1.32. The molecule has 0 saturated heterocycles. The maximum atomic E-state index is 12.2. The highest BCUT2D eigenvalue weighted by Gasteiger charge is 2.27. The lowest BCUT2D eigenvalue weighted by Gasteiger charge is -2.17. The molecule has 0 aromatic heterocycles. The van der Waals surface area contributed by atoms with Gasteiger partial charge in [-0.2, -0.15) is 0 Å². The van der Waals surface area contributed by atoms with E-state index in [-0.39, 0.29) is 0 Å². The van der Waals surface area contributed by atoms with E-state index < -0.39 is 13.0 Å². The molecule has 0 radical (unpaired) electrons. The zero-order valence-corrected chi connectivity index (χ0v) is 15.2. The van der Waals surface area contributed by atoms with Crippen molar-refractivity contribution >= 4 is 11.8 Å². The Hall–Kier alpha value is -2.56. The van der Waals surface area contributed by atoms with Crippen molar-refractivity contribution in [2.24, 2.45) is 0 Å². The summed E-state index contributed by atoms with van der Waals surface area (Å²) in [5.41, 5.74) is 5.05.